The van der Waals surface area contributed by atoms with Crippen LogP contribution in [0.1, 0.15) is 36.7 Å². The average Bonchev–Trinajstić information content (AvgIpc) is 3.54. The van der Waals surface area contributed by atoms with Crippen molar-refractivity contribution in [2.24, 2.45) is 5.73 Å². The molecule has 36 heavy (non-hydrogen) atoms. The molecule has 0 saturated carbocycles. The quantitative estimate of drug-likeness (QED) is 0.570. The number of hydrogen-bond donors (Lipinski definition) is 1. The topological polar surface area (TPSA) is 123 Å². The number of primary amides is 1. The molecule has 3 aromatic heterocycles. The minimum absolute atomic E-state index is 0.246. The maximum Gasteiger partial charge on any atom is 0.300 e. The fourth-order valence-corrected chi connectivity index (χ4v) is 5.01. The molecule has 2 fully saturated rings. The van der Waals surface area contributed by atoms with E-state index in [4.69, 9.17) is 29.6 Å². The first-order chi connectivity index (χ1) is 17.6. The van der Waals surface area contributed by atoms with Gasteiger partial charge in [-0.15, -0.1) is 0 Å². The molecule has 0 radical (unpaired) electrons. The van der Waals surface area contributed by atoms with Gasteiger partial charge in [0.25, 0.3) is 11.9 Å². The maximum absolute atomic E-state index is 12.5. The van der Waals surface area contributed by atoms with Crippen molar-refractivity contribution >= 4 is 34.7 Å². The fourth-order valence-electron chi connectivity index (χ4n) is 5.01. The van der Waals surface area contributed by atoms with Crippen LogP contribution in [0.15, 0.2) is 40.8 Å². The third-order valence-electron chi connectivity index (χ3n) is 6.90. The summed E-state index contributed by atoms with van der Waals surface area (Å²) in [5.41, 5.74) is 9.44. The molecule has 11 heteroatoms. The van der Waals surface area contributed by atoms with Gasteiger partial charge >= 0.3 is 0 Å². The van der Waals surface area contributed by atoms with Crippen molar-refractivity contribution in [3.8, 4) is 0 Å². The minimum Gasteiger partial charge on any atom is -0.471 e. The first-order valence-corrected chi connectivity index (χ1v) is 12.4. The molecule has 188 valence electrons. The summed E-state index contributed by atoms with van der Waals surface area (Å²) < 4.78 is 17.7. The highest BCUT2D eigenvalue weighted by molar-refractivity contribution is 5.98. The first-order valence-electron chi connectivity index (χ1n) is 12.4. The number of morpholine rings is 1. The van der Waals surface area contributed by atoms with Crippen molar-refractivity contribution < 1.29 is 18.7 Å². The molecule has 1 unspecified atom stereocenters. The fraction of sp³-hybridized carbons (Fsp3) is 0.440. The Labute approximate surface area is 208 Å². The van der Waals surface area contributed by atoms with Gasteiger partial charge in [0.1, 0.15) is 12.0 Å². The van der Waals surface area contributed by atoms with Gasteiger partial charge < -0.3 is 29.4 Å². The second-order valence-electron chi connectivity index (χ2n) is 9.20. The van der Waals surface area contributed by atoms with E-state index in [0.717, 1.165) is 43.0 Å². The van der Waals surface area contributed by atoms with Gasteiger partial charge in [0, 0.05) is 49.7 Å². The van der Waals surface area contributed by atoms with Crippen molar-refractivity contribution in [3.63, 3.8) is 0 Å². The Balaban J connectivity index is 1.50. The number of oxazole rings is 1. The van der Waals surface area contributed by atoms with Crippen LogP contribution in [0.25, 0.3) is 11.2 Å². The third kappa shape index (κ3) is 3.98. The van der Waals surface area contributed by atoms with Crippen molar-refractivity contribution in [2.75, 3.05) is 54.1 Å². The molecule has 1 amide bonds. The van der Waals surface area contributed by atoms with Crippen LogP contribution < -0.4 is 20.4 Å². The highest BCUT2D eigenvalue weighted by Crippen LogP contribution is 2.43. The molecule has 0 aliphatic carbocycles. The summed E-state index contributed by atoms with van der Waals surface area (Å²) in [7, 11) is 0. The standard InChI is InChI=1S/C25H29N7O4/c1-16-17(6-5-7-27-16)24-32(19(15-35-24)21(26)33)18-14-20-22(28-23(18)30-8-3-2-4-9-30)29-25(36-20)31-10-12-34-13-11-31/h5-7,14-15,24H,2-4,8-13H2,1H3,(H2,26,33). The van der Waals surface area contributed by atoms with Gasteiger partial charge in [0.2, 0.25) is 11.9 Å². The number of ether oxygens (including phenoxy) is 2. The van der Waals surface area contributed by atoms with Crippen LogP contribution in [-0.2, 0) is 14.3 Å². The molecule has 1 atom stereocenters. The van der Waals surface area contributed by atoms with Gasteiger partial charge in [-0.05, 0) is 38.3 Å². The number of carbonyl (C=O) groups excluding carboxylic acids is 1. The molecule has 3 aliphatic heterocycles. The summed E-state index contributed by atoms with van der Waals surface area (Å²) in [6.45, 7) is 6.30. The van der Waals surface area contributed by atoms with Gasteiger partial charge in [-0.3, -0.25) is 14.7 Å². The number of nitrogens with two attached hydrogens (primary N) is 1. The van der Waals surface area contributed by atoms with E-state index in [0.29, 0.717) is 49.2 Å². The monoisotopic (exact) mass is 491 g/mol. The number of hydrogen-bond acceptors (Lipinski definition) is 10. The zero-order valence-corrected chi connectivity index (χ0v) is 20.2. The van der Waals surface area contributed by atoms with Crippen molar-refractivity contribution in [3.05, 3.63) is 47.6 Å². The third-order valence-corrected chi connectivity index (χ3v) is 6.90. The molecule has 0 bridgehead atoms. The zero-order valence-electron chi connectivity index (χ0n) is 20.2. The molecule has 3 aliphatic rings. The molecule has 6 heterocycles. The summed E-state index contributed by atoms with van der Waals surface area (Å²) >= 11 is 0. The lowest BCUT2D eigenvalue weighted by Gasteiger charge is -2.34. The largest absolute Gasteiger partial charge is 0.471 e. The molecule has 11 nitrogen and oxygen atoms in total. The number of aromatic nitrogens is 3. The van der Waals surface area contributed by atoms with Gasteiger partial charge in [-0.1, -0.05) is 0 Å². The van der Waals surface area contributed by atoms with E-state index in [1.54, 1.807) is 11.1 Å². The second kappa shape index (κ2) is 9.30. The number of carbonyl (C=O) groups is 1. The van der Waals surface area contributed by atoms with Gasteiger partial charge in [0.05, 0.1) is 18.9 Å². The summed E-state index contributed by atoms with van der Waals surface area (Å²) in [4.78, 5) is 32.7. The number of pyridine rings is 2. The lowest BCUT2D eigenvalue weighted by molar-refractivity contribution is -0.114. The van der Waals surface area contributed by atoms with Crippen LogP contribution >= 0.6 is 0 Å². The zero-order chi connectivity index (χ0) is 24.6. The smallest absolute Gasteiger partial charge is 0.300 e. The van der Waals surface area contributed by atoms with Crippen LogP contribution in [0, 0.1) is 6.92 Å². The predicted molar refractivity (Wildman–Crippen MR) is 133 cm³/mol. The predicted octanol–water partition coefficient (Wildman–Crippen LogP) is 2.62. The second-order valence-corrected chi connectivity index (χ2v) is 9.20. The van der Waals surface area contributed by atoms with E-state index in [1.807, 2.05) is 25.1 Å². The van der Waals surface area contributed by atoms with Crippen LogP contribution in [0.3, 0.4) is 0 Å². The number of fused-ring (bicyclic) bond motifs is 1. The summed E-state index contributed by atoms with van der Waals surface area (Å²) in [6.07, 6.45) is 5.84. The Morgan fingerprint density at radius 3 is 2.64 bits per heavy atom. The number of rotatable bonds is 5. The number of aryl methyl sites for hydroxylation is 1. The van der Waals surface area contributed by atoms with E-state index >= 15 is 0 Å². The Morgan fingerprint density at radius 2 is 1.89 bits per heavy atom. The summed E-state index contributed by atoms with van der Waals surface area (Å²) in [5.74, 6) is 0.142. The number of amides is 1. The highest BCUT2D eigenvalue weighted by atomic mass is 16.5. The van der Waals surface area contributed by atoms with Crippen molar-refractivity contribution in [1.29, 1.82) is 0 Å². The molecule has 3 aromatic rings. The number of piperidine rings is 1. The average molecular weight is 492 g/mol. The SMILES string of the molecule is Cc1ncccc1C1OC=C(C(N)=O)N1c1cc2oc(N3CCOCC3)nc2nc1N1CCCCC1. The van der Waals surface area contributed by atoms with E-state index in [9.17, 15) is 4.79 Å². The Bertz CT molecular complexity index is 1310. The molecular weight excluding hydrogens is 462 g/mol. The Hall–Kier alpha value is -3.86. The normalized spacial score (nSPS) is 20.5. The Morgan fingerprint density at radius 1 is 1.08 bits per heavy atom. The highest BCUT2D eigenvalue weighted by Gasteiger charge is 2.38. The van der Waals surface area contributed by atoms with Gasteiger partial charge in [-0.25, -0.2) is 4.98 Å². The van der Waals surface area contributed by atoms with E-state index in [-0.39, 0.29) is 5.70 Å². The van der Waals surface area contributed by atoms with Crippen LogP contribution in [0.5, 0.6) is 0 Å². The number of anilines is 3. The Kier molecular flexibility index (Phi) is 5.84. The van der Waals surface area contributed by atoms with Crippen LogP contribution in [0.2, 0.25) is 0 Å². The van der Waals surface area contributed by atoms with E-state index < -0.39 is 12.1 Å². The minimum atomic E-state index is -0.620. The number of nitrogens with zero attached hydrogens (tertiary/aromatic N) is 6. The van der Waals surface area contributed by atoms with E-state index in [1.165, 1.54) is 12.7 Å². The lowest BCUT2D eigenvalue weighted by Crippen LogP contribution is -2.36. The molecular formula is C25H29N7O4. The maximum atomic E-state index is 12.5. The molecule has 0 spiro atoms. The van der Waals surface area contributed by atoms with Crippen LogP contribution in [-0.4, -0.2) is 60.3 Å². The van der Waals surface area contributed by atoms with E-state index in [2.05, 4.69) is 14.8 Å². The summed E-state index contributed by atoms with van der Waals surface area (Å²) in [5, 5.41) is 0. The molecule has 0 aromatic carbocycles. The summed E-state index contributed by atoms with van der Waals surface area (Å²) in [6, 6.07) is 6.21. The van der Waals surface area contributed by atoms with Gasteiger partial charge in [-0.2, -0.15) is 4.98 Å². The molecule has 2 saturated heterocycles. The first kappa shape index (κ1) is 22.6. The van der Waals surface area contributed by atoms with Crippen LogP contribution in [0.4, 0.5) is 17.5 Å². The van der Waals surface area contributed by atoms with Crippen molar-refractivity contribution in [2.45, 2.75) is 32.4 Å². The molecule has 2 N–H and O–H groups in total. The lowest BCUT2D eigenvalue weighted by atomic mass is 10.1. The van der Waals surface area contributed by atoms with Gasteiger partial charge in [0.15, 0.2) is 11.4 Å². The molecule has 6 rings (SSSR count). The van der Waals surface area contributed by atoms with Crippen molar-refractivity contribution in [1.82, 2.24) is 15.0 Å².